The Kier molecular flexibility index (Phi) is 6.10. The molecule has 0 aliphatic carbocycles. The first-order valence-electron chi connectivity index (χ1n) is 9.92. The maximum absolute atomic E-state index is 13.3. The standard InChI is InChI=1S/C23H26N2O5/c1-5-19(30-16-11-7-6-8-12-16)21(27)29-15(2)20(26)25-18-14-10-9-13-17(18)24-22(28)23(25,3)4/h6-15,19H,5H2,1-4H3,(H,24,28)/t15-,19+/m0/s1. The van der Waals surface area contributed by atoms with Crippen molar-refractivity contribution in [3.63, 3.8) is 0 Å². The van der Waals surface area contributed by atoms with Crippen molar-refractivity contribution in [2.75, 3.05) is 10.2 Å². The van der Waals surface area contributed by atoms with Gasteiger partial charge in [0.2, 0.25) is 5.91 Å². The SMILES string of the molecule is CC[C@@H](Oc1ccccc1)C(=O)O[C@@H](C)C(=O)N1c2ccccc2NC(=O)C1(C)C. The Balaban J connectivity index is 1.77. The summed E-state index contributed by atoms with van der Waals surface area (Å²) in [4.78, 5) is 39.9. The second-order valence-corrected chi connectivity index (χ2v) is 7.61. The first-order valence-corrected chi connectivity index (χ1v) is 9.92. The minimum Gasteiger partial charge on any atom is -0.479 e. The van der Waals surface area contributed by atoms with Gasteiger partial charge in [-0.3, -0.25) is 14.5 Å². The Morgan fingerprint density at radius 2 is 1.70 bits per heavy atom. The number of rotatable bonds is 6. The molecular weight excluding hydrogens is 384 g/mol. The van der Waals surface area contributed by atoms with Gasteiger partial charge in [-0.25, -0.2) is 4.79 Å². The Hall–Kier alpha value is -3.35. The molecule has 2 aromatic rings. The Bertz CT molecular complexity index is 942. The maximum Gasteiger partial charge on any atom is 0.348 e. The predicted molar refractivity (Wildman–Crippen MR) is 113 cm³/mol. The van der Waals surface area contributed by atoms with E-state index in [1.54, 1.807) is 69.3 Å². The summed E-state index contributed by atoms with van der Waals surface area (Å²) >= 11 is 0. The van der Waals surface area contributed by atoms with Crippen LogP contribution in [-0.2, 0) is 19.1 Å². The second kappa shape index (κ2) is 8.57. The first kappa shape index (κ1) is 21.4. The molecule has 7 heteroatoms. The highest BCUT2D eigenvalue weighted by Gasteiger charge is 2.45. The molecule has 158 valence electrons. The smallest absolute Gasteiger partial charge is 0.348 e. The van der Waals surface area contributed by atoms with Crippen molar-refractivity contribution in [3.8, 4) is 5.75 Å². The molecule has 1 heterocycles. The lowest BCUT2D eigenvalue weighted by molar-refractivity contribution is -0.161. The molecular formula is C23H26N2O5. The summed E-state index contributed by atoms with van der Waals surface area (Å²) in [6.07, 6.45) is -1.55. The highest BCUT2D eigenvalue weighted by Crippen LogP contribution is 2.37. The Morgan fingerprint density at radius 3 is 2.37 bits per heavy atom. The van der Waals surface area contributed by atoms with Crippen LogP contribution in [0.2, 0.25) is 0 Å². The quantitative estimate of drug-likeness (QED) is 0.737. The number of anilines is 2. The van der Waals surface area contributed by atoms with Gasteiger partial charge in [-0.15, -0.1) is 0 Å². The van der Waals surface area contributed by atoms with Crippen LogP contribution in [0.25, 0.3) is 0 Å². The molecule has 3 rings (SSSR count). The number of hydrogen-bond acceptors (Lipinski definition) is 5. The van der Waals surface area contributed by atoms with Crippen LogP contribution in [0.15, 0.2) is 54.6 Å². The second-order valence-electron chi connectivity index (χ2n) is 7.61. The number of hydrogen-bond donors (Lipinski definition) is 1. The number of carbonyl (C=O) groups excluding carboxylic acids is 3. The average molecular weight is 410 g/mol. The fourth-order valence-electron chi connectivity index (χ4n) is 3.29. The molecule has 1 aliphatic heterocycles. The molecule has 0 radical (unpaired) electrons. The van der Waals surface area contributed by atoms with Gasteiger partial charge >= 0.3 is 5.97 Å². The van der Waals surface area contributed by atoms with Crippen LogP contribution >= 0.6 is 0 Å². The summed E-state index contributed by atoms with van der Waals surface area (Å²) in [5.74, 6) is -0.880. The van der Waals surface area contributed by atoms with Gasteiger partial charge in [0, 0.05) is 0 Å². The van der Waals surface area contributed by atoms with Gasteiger partial charge in [-0.05, 0) is 51.5 Å². The van der Waals surface area contributed by atoms with Crippen LogP contribution in [0.1, 0.15) is 34.1 Å². The number of fused-ring (bicyclic) bond motifs is 1. The van der Waals surface area contributed by atoms with Crippen LogP contribution in [-0.4, -0.2) is 35.5 Å². The summed E-state index contributed by atoms with van der Waals surface area (Å²) in [6, 6.07) is 16.0. The Morgan fingerprint density at radius 1 is 1.07 bits per heavy atom. The van der Waals surface area contributed by atoms with Gasteiger partial charge in [0.15, 0.2) is 12.2 Å². The summed E-state index contributed by atoms with van der Waals surface area (Å²) in [7, 11) is 0. The zero-order chi connectivity index (χ0) is 21.9. The fraction of sp³-hybridized carbons (Fsp3) is 0.348. The number of ether oxygens (including phenoxy) is 2. The zero-order valence-electron chi connectivity index (χ0n) is 17.5. The van der Waals surface area contributed by atoms with Crippen molar-refractivity contribution in [1.29, 1.82) is 0 Å². The van der Waals surface area contributed by atoms with Crippen LogP contribution < -0.4 is 15.0 Å². The minimum atomic E-state index is -1.14. The normalized spacial score (nSPS) is 16.7. The van der Waals surface area contributed by atoms with Gasteiger partial charge in [-0.2, -0.15) is 0 Å². The Labute approximate surface area is 176 Å². The molecule has 0 saturated carbocycles. The van der Waals surface area contributed by atoms with E-state index < -0.39 is 29.6 Å². The lowest BCUT2D eigenvalue weighted by Crippen LogP contribution is -2.60. The van der Waals surface area contributed by atoms with E-state index in [1.807, 2.05) is 6.07 Å². The molecule has 0 fully saturated rings. The molecule has 7 nitrogen and oxygen atoms in total. The molecule has 1 aliphatic rings. The molecule has 2 atom stereocenters. The van der Waals surface area contributed by atoms with Crippen LogP contribution in [0.5, 0.6) is 5.75 Å². The molecule has 1 N–H and O–H groups in total. The average Bonchev–Trinajstić information content (AvgIpc) is 2.73. The number of nitrogens with zero attached hydrogens (tertiary/aromatic N) is 1. The summed E-state index contributed by atoms with van der Waals surface area (Å²) in [5, 5.41) is 2.81. The molecule has 0 aromatic heterocycles. The molecule has 0 bridgehead atoms. The number of benzene rings is 2. The van der Waals surface area contributed by atoms with Gasteiger partial charge in [0.1, 0.15) is 11.3 Å². The van der Waals surface area contributed by atoms with Gasteiger partial charge in [0.25, 0.3) is 5.91 Å². The van der Waals surface area contributed by atoms with E-state index in [-0.39, 0.29) is 5.91 Å². The third-order valence-corrected chi connectivity index (χ3v) is 5.02. The van der Waals surface area contributed by atoms with Crippen molar-refractivity contribution in [2.45, 2.75) is 51.9 Å². The number of nitrogens with one attached hydrogen (secondary N) is 1. The van der Waals surface area contributed by atoms with Crippen LogP contribution in [0.3, 0.4) is 0 Å². The molecule has 0 unspecified atom stereocenters. The summed E-state index contributed by atoms with van der Waals surface area (Å²) in [6.45, 7) is 6.60. The van der Waals surface area contributed by atoms with Crippen molar-refractivity contribution in [3.05, 3.63) is 54.6 Å². The van der Waals surface area contributed by atoms with E-state index in [0.717, 1.165) is 0 Å². The van der Waals surface area contributed by atoms with Crippen molar-refractivity contribution in [2.24, 2.45) is 0 Å². The third-order valence-electron chi connectivity index (χ3n) is 5.02. The predicted octanol–water partition coefficient (Wildman–Crippen LogP) is 3.54. The van der Waals surface area contributed by atoms with E-state index in [9.17, 15) is 14.4 Å². The zero-order valence-corrected chi connectivity index (χ0v) is 17.5. The van der Waals surface area contributed by atoms with Crippen molar-refractivity contribution < 1.29 is 23.9 Å². The monoisotopic (exact) mass is 410 g/mol. The van der Waals surface area contributed by atoms with Gasteiger partial charge in [-0.1, -0.05) is 37.3 Å². The number of para-hydroxylation sites is 3. The van der Waals surface area contributed by atoms with Gasteiger partial charge in [0.05, 0.1) is 11.4 Å². The van der Waals surface area contributed by atoms with Crippen LogP contribution in [0.4, 0.5) is 11.4 Å². The summed E-state index contributed by atoms with van der Waals surface area (Å²) in [5.41, 5.74) is -0.0494. The maximum atomic E-state index is 13.3. The highest BCUT2D eigenvalue weighted by atomic mass is 16.6. The number of carbonyl (C=O) groups is 3. The largest absolute Gasteiger partial charge is 0.479 e. The molecule has 2 amide bonds. The van der Waals surface area contributed by atoms with Gasteiger partial charge < -0.3 is 14.8 Å². The topological polar surface area (TPSA) is 84.9 Å². The highest BCUT2D eigenvalue weighted by molar-refractivity contribution is 6.15. The van der Waals surface area contributed by atoms with E-state index in [1.165, 1.54) is 11.8 Å². The molecule has 0 spiro atoms. The van der Waals surface area contributed by atoms with Crippen LogP contribution in [0, 0.1) is 0 Å². The number of amides is 2. The lowest BCUT2D eigenvalue weighted by Gasteiger charge is -2.42. The van der Waals surface area contributed by atoms with Crippen molar-refractivity contribution >= 4 is 29.2 Å². The molecule has 30 heavy (non-hydrogen) atoms. The molecule has 0 saturated heterocycles. The molecule has 2 aromatic carbocycles. The summed E-state index contributed by atoms with van der Waals surface area (Å²) < 4.78 is 11.1. The number of esters is 1. The third kappa shape index (κ3) is 4.15. The fourth-order valence-corrected chi connectivity index (χ4v) is 3.29. The van der Waals surface area contributed by atoms with Crippen molar-refractivity contribution in [1.82, 2.24) is 0 Å². The first-order chi connectivity index (χ1) is 14.3. The van der Waals surface area contributed by atoms with E-state index >= 15 is 0 Å². The van der Waals surface area contributed by atoms with E-state index in [0.29, 0.717) is 23.5 Å². The lowest BCUT2D eigenvalue weighted by atomic mass is 9.95. The van der Waals surface area contributed by atoms with E-state index in [2.05, 4.69) is 5.32 Å². The minimum absolute atomic E-state index is 0.313. The van der Waals surface area contributed by atoms with E-state index in [4.69, 9.17) is 9.47 Å².